The summed E-state index contributed by atoms with van der Waals surface area (Å²) in [5.74, 6) is -2.10. The van der Waals surface area contributed by atoms with Crippen LogP contribution in [0.15, 0.2) is 0 Å². The molecule has 0 aliphatic carbocycles. The Morgan fingerprint density at radius 1 is 0.238 bits per heavy atom. The fourth-order valence-electron chi connectivity index (χ4n) is 12.8. The van der Waals surface area contributed by atoms with Gasteiger partial charge in [0.25, 0.3) is 0 Å². The van der Waals surface area contributed by atoms with Gasteiger partial charge in [-0.3, -0.25) is 37.3 Å². The van der Waals surface area contributed by atoms with Gasteiger partial charge in [0.2, 0.25) is 0 Å². The summed E-state index contributed by atoms with van der Waals surface area (Å²) in [5.41, 5.74) is 0. The lowest BCUT2D eigenvalue weighted by atomic mass is 10.0. The van der Waals surface area contributed by atoms with Gasteiger partial charge in [-0.2, -0.15) is 0 Å². The minimum absolute atomic E-state index is 0.109. The number of aliphatic hydroxyl groups excluding tert-OH is 1. The quantitative estimate of drug-likeness (QED) is 0.0222. The van der Waals surface area contributed by atoms with E-state index in [9.17, 15) is 43.2 Å². The summed E-state index contributed by atoms with van der Waals surface area (Å²) in [4.78, 5) is 73.0. The molecule has 0 fully saturated rings. The minimum Gasteiger partial charge on any atom is -0.462 e. The van der Waals surface area contributed by atoms with Crippen molar-refractivity contribution < 1.29 is 80.2 Å². The molecule has 0 aliphatic rings. The summed E-state index contributed by atoms with van der Waals surface area (Å²) >= 11 is 0. The average molecular weight is 1480 g/mol. The van der Waals surface area contributed by atoms with Crippen molar-refractivity contribution in [3.8, 4) is 0 Å². The maximum Gasteiger partial charge on any atom is 0.472 e. The monoisotopic (exact) mass is 1480 g/mol. The van der Waals surface area contributed by atoms with Crippen molar-refractivity contribution in [1.29, 1.82) is 0 Å². The van der Waals surface area contributed by atoms with Crippen molar-refractivity contribution in [2.24, 2.45) is 0 Å². The van der Waals surface area contributed by atoms with Gasteiger partial charge in [-0.25, -0.2) is 9.13 Å². The maximum atomic E-state index is 13.1. The van der Waals surface area contributed by atoms with Gasteiger partial charge in [-0.05, 0) is 25.7 Å². The Labute approximate surface area is 619 Å². The van der Waals surface area contributed by atoms with E-state index >= 15 is 0 Å². The second-order valence-electron chi connectivity index (χ2n) is 29.5. The lowest BCUT2D eigenvalue weighted by Gasteiger charge is -2.21. The zero-order chi connectivity index (χ0) is 73.9. The molecule has 0 amide bonds. The van der Waals surface area contributed by atoms with Gasteiger partial charge in [0.05, 0.1) is 26.4 Å². The molecule has 0 aromatic carbocycles. The van der Waals surface area contributed by atoms with Crippen LogP contribution in [-0.2, 0) is 65.4 Å². The number of unbranched alkanes of at least 4 members (excludes halogenated alkanes) is 57. The molecule has 0 spiro atoms. The number of hydrogen-bond donors (Lipinski definition) is 3. The molecule has 0 saturated carbocycles. The molecule has 0 rings (SSSR count). The Balaban J connectivity index is 5.21. The molecule has 0 aromatic rings. The van der Waals surface area contributed by atoms with Crippen LogP contribution in [0.4, 0.5) is 0 Å². The van der Waals surface area contributed by atoms with Gasteiger partial charge in [0, 0.05) is 25.7 Å². The van der Waals surface area contributed by atoms with Crippen LogP contribution in [0.25, 0.3) is 0 Å². The Morgan fingerprint density at radius 2 is 0.396 bits per heavy atom. The van der Waals surface area contributed by atoms with Crippen LogP contribution in [0.3, 0.4) is 0 Å². The van der Waals surface area contributed by atoms with Crippen molar-refractivity contribution in [2.45, 2.75) is 463 Å². The number of phosphoric ester groups is 2. The third-order valence-electron chi connectivity index (χ3n) is 19.4. The van der Waals surface area contributed by atoms with E-state index in [-0.39, 0.29) is 25.7 Å². The maximum absolute atomic E-state index is 13.1. The predicted octanol–water partition coefficient (Wildman–Crippen LogP) is 25.0. The summed E-state index contributed by atoms with van der Waals surface area (Å²) in [6, 6.07) is 0. The summed E-state index contributed by atoms with van der Waals surface area (Å²) < 4.78 is 68.8. The van der Waals surface area contributed by atoms with E-state index < -0.39 is 97.5 Å². The van der Waals surface area contributed by atoms with Crippen LogP contribution in [0, 0.1) is 0 Å². The standard InChI is InChI=1S/C82H160O17P2/c1-5-9-13-17-21-25-29-33-35-36-37-38-39-40-41-42-45-49-53-57-61-65-69-82(87)99-78(73-93-80(85)67-63-59-55-51-47-44-34-30-26-22-18-14-10-6-2)75-97-101(90,91)95-71-76(83)70-94-100(88,89)96-74-77(72-92-79(84)66-62-58-54-50-46-32-28-24-20-16-12-8-4)98-81(86)68-64-60-56-52-48-43-31-27-23-19-15-11-7-3/h76-78,83H,5-75H2,1-4H3,(H,88,89)(H,90,91)/t76-,77+,78+/m0/s1. The number of phosphoric acid groups is 2. The van der Waals surface area contributed by atoms with Crippen LogP contribution >= 0.6 is 15.6 Å². The molecule has 0 radical (unpaired) electrons. The zero-order valence-electron chi connectivity index (χ0n) is 65.9. The molecule has 3 N–H and O–H groups in total. The summed E-state index contributed by atoms with van der Waals surface area (Å²) in [7, 11) is -9.92. The molecule has 600 valence electrons. The molecule has 2 unspecified atom stereocenters. The molecular weight excluding hydrogens is 1320 g/mol. The van der Waals surface area contributed by atoms with Crippen molar-refractivity contribution >= 4 is 39.5 Å². The van der Waals surface area contributed by atoms with E-state index in [1.54, 1.807) is 0 Å². The van der Waals surface area contributed by atoms with Gasteiger partial charge in [-0.1, -0.05) is 394 Å². The van der Waals surface area contributed by atoms with Crippen molar-refractivity contribution in [1.82, 2.24) is 0 Å². The second kappa shape index (κ2) is 76.3. The van der Waals surface area contributed by atoms with Gasteiger partial charge < -0.3 is 33.8 Å². The molecule has 17 nitrogen and oxygen atoms in total. The molecule has 0 aliphatic heterocycles. The molecular formula is C82H160O17P2. The number of carbonyl (C=O) groups is 4. The number of hydrogen-bond acceptors (Lipinski definition) is 15. The van der Waals surface area contributed by atoms with Crippen molar-refractivity contribution in [3.63, 3.8) is 0 Å². The van der Waals surface area contributed by atoms with E-state index in [1.807, 2.05) is 0 Å². The van der Waals surface area contributed by atoms with E-state index in [0.29, 0.717) is 25.7 Å². The third-order valence-corrected chi connectivity index (χ3v) is 21.3. The van der Waals surface area contributed by atoms with Gasteiger partial charge in [0.1, 0.15) is 19.3 Å². The van der Waals surface area contributed by atoms with E-state index in [4.69, 9.17) is 37.0 Å². The minimum atomic E-state index is -4.96. The largest absolute Gasteiger partial charge is 0.472 e. The van der Waals surface area contributed by atoms with E-state index in [2.05, 4.69) is 27.7 Å². The fourth-order valence-corrected chi connectivity index (χ4v) is 14.4. The summed E-state index contributed by atoms with van der Waals surface area (Å²) in [5, 5.41) is 10.6. The molecule has 19 heteroatoms. The first-order chi connectivity index (χ1) is 49.2. The molecule has 0 saturated heterocycles. The number of rotatable bonds is 83. The highest BCUT2D eigenvalue weighted by Crippen LogP contribution is 2.45. The lowest BCUT2D eigenvalue weighted by Crippen LogP contribution is -2.30. The normalized spacial score (nSPS) is 13.8. The molecule has 0 heterocycles. The predicted molar refractivity (Wildman–Crippen MR) is 414 cm³/mol. The zero-order valence-corrected chi connectivity index (χ0v) is 67.7. The number of ether oxygens (including phenoxy) is 4. The highest BCUT2D eigenvalue weighted by molar-refractivity contribution is 7.47. The third kappa shape index (κ3) is 76.1. The Kier molecular flexibility index (Phi) is 74.8. The summed E-state index contributed by atoms with van der Waals surface area (Å²) in [6.45, 7) is 5.03. The molecule has 101 heavy (non-hydrogen) atoms. The Bertz CT molecular complexity index is 1910. The molecule has 0 aromatic heterocycles. The van der Waals surface area contributed by atoms with Crippen molar-refractivity contribution in [2.75, 3.05) is 39.6 Å². The SMILES string of the molecule is CCCCCCCCCCCCCCCCCCCCCCCCC(=O)O[C@H](COC(=O)CCCCCCCCCCCCCCCC)COP(=O)(O)OC[C@@H](O)COP(=O)(O)OC[C@@H](COC(=O)CCCCCCCCCCCCCC)OC(=O)CCCCCCCCCCCCCCC. The van der Waals surface area contributed by atoms with Crippen LogP contribution in [0.5, 0.6) is 0 Å². The summed E-state index contributed by atoms with van der Waals surface area (Å²) in [6.07, 6.45) is 69.3. The van der Waals surface area contributed by atoms with Gasteiger partial charge in [0.15, 0.2) is 12.2 Å². The second-order valence-corrected chi connectivity index (χ2v) is 32.4. The lowest BCUT2D eigenvalue weighted by molar-refractivity contribution is -0.161. The number of carbonyl (C=O) groups excluding carboxylic acids is 4. The van der Waals surface area contributed by atoms with Gasteiger partial charge >= 0.3 is 39.5 Å². The highest BCUT2D eigenvalue weighted by atomic mass is 31.2. The molecule has 5 atom stereocenters. The molecule has 0 bridgehead atoms. The van der Waals surface area contributed by atoms with Gasteiger partial charge in [-0.15, -0.1) is 0 Å². The highest BCUT2D eigenvalue weighted by Gasteiger charge is 2.30. The first-order valence-corrected chi connectivity index (χ1v) is 45.8. The van der Waals surface area contributed by atoms with E-state index in [1.165, 1.54) is 276 Å². The van der Waals surface area contributed by atoms with Crippen LogP contribution < -0.4 is 0 Å². The number of aliphatic hydroxyl groups is 1. The topological polar surface area (TPSA) is 237 Å². The Morgan fingerprint density at radius 3 is 0.584 bits per heavy atom. The average Bonchev–Trinajstić information content (AvgIpc) is 0.936. The van der Waals surface area contributed by atoms with E-state index in [0.717, 1.165) is 89.9 Å². The first-order valence-electron chi connectivity index (χ1n) is 42.8. The van der Waals surface area contributed by atoms with Crippen LogP contribution in [-0.4, -0.2) is 96.7 Å². The first kappa shape index (κ1) is 99.1. The van der Waals surface area contributed by atoms with Crippen molar-refractivity contribution in [3.05, 3.63) is 0 Å². The fraction of sp³-hybridized carbons (Fsp3) is 0.951. The smallest absolute Gasteiger partial charge is 0.462 e. The van der Waals surface area contributed by atoms with Crippen LogP contribution in [0.2, 0.25) is 0 Å². The van der Waals surface area contributed by atoms with Crippen LogP contribution in [0.1, 0.15) is 445 Å². The number of esters is 4. The Hall–Kier alpha value is -1.94.